The Morgan fingerprint density at radius 3 is 2.28 bits per heavy atom. The maximum Gasteiger partial charge on any atom is 0.324 e. The fourth-order valence-corrected chi connectivity index (χ4v) is 2.77. The molecule has 0 atom stereocenters. The van der Waals surface area contributed by atoms with E-state index in [0.717, 1.165) is 29.9 Å². The summed E-state index contributed by atoms with van der Waals surface area (Å²) in [5.74, 6) is 0.669. The van der Waals surface area contributed by atoms with Crippen molar-refractivity contribution in [1.82, 2.24) is 9.78 Å². The number of para-hydroxylation sites is 2. The summed E-state index contributed by atoms with van der Waals surface area (Å²) < 4.78 is 1.80. The van der Waals surface area contributed by atoms with Crippen LogP contribution in [0.3, 0.4) is 0 Å². The van der Waals surface area contributed by atoms with Gasteiger partial charge in [-0.3, -0.25) is 5.32 Å². The lowest BCUT2D eigenvalue weighted by Crippen LogP contribution is -2.21. The molecule has 1 saturated carbocycles. The van der Waals surface area contributed by atoms with Crippen LogP contribution in [0.2, 0.25) is 0 Å². The minimum absolute atomic E-state index is 0.131. The number of aromatic nitrogens is 2. The van der Waals surface area contributed by atoms with Crippen LogP contribution in [-0.4, -0.2) is 15.8 Å². The molecule has 0 aliphatic heterocycles. The lowest BCUT2D eigenvalue weighted by atomic mass is 10.1. The number of carbonyl (C=O) groups is 1. The van der Waals surface area contributed by atoms with Crippen molar-refractivity contribution in [3.63, 3.8) is 0 Å². The minimum atomic E-state index is -0.282. The fraction of sp³-hybridized carbons (Fsp3) is 0.200. The molecule has 1 heterocycles. The molecule has 0 unspecified atom stereocenters. The first-order chi connectivity index (χ1) is 12.1. The van der Waals surface area contributed by atoms with Crippen molar-refractivity contribution in [2.75, 3.05) is 10.6 Å². The molecular weight excluding hydrogens is 312 g/mol. The third-order valence-electron chi connectivity index (χ3n) is 4.60. The predicted molar refractivity (Wildman–Crippen MR) is 99.2 cm³/mol. The number of urea groups is 1. The van der Waals surface area contributed by atoms with Crippen molar-refractivity contribution < 1.29 is 4.79 Å². The van der Waals surface area contributed by atoms with E-state index in [-0.39, 0.29) is 11.4 Å². The molecule has 0 radical (unpaired) electrons. The van der Waals surface area contributed by atoms with Gasteiger partial charge in [-0.25, -0.2) is 9.48 Å². The molecule has 2 aromatic carbocycles. The van der Waals surface area contributed by atoms with Crippen LogP contribution < -0.4 is 10.6 Å². The third-order valence-corrected chi connectivity index (χ3v) is 4.60. The highest BCUT2D eigenvalue weighted by Crippen LogP contribution is 2.47. The number of carbonyl (C=O) groups excluding carboxylic acids is 1. The van der Waals surface area contributed by atoms with Crippen LogP contribution in [0, 0.1) is 0 Å². The second kappa shape index (κ2) is 6.09. The lowest BCUT2D eigenvalue weighted by Gasteiger charge is -2.10. The van der Waals surface area contributed by atoms with Gasteiger partial charge in [0.1, 0.15) is 5.82 Å². The number of hydrogen-bond acceptors (Lipinski definition) is 2. The van der Waals surface area contributed by atoms with E-state index in [4.69, 9.17) is 5.10 Å². The maximum atomic E-state index is 12.4. The predicted octanol–water partition coefficient (Wildman–Crippen LogP) is 4.57. The number of rotatable bonds is 4. The summed E-state index contributed by atoms with van der Waals surface area (Å²) in [5.41, 5.74) is 2.83. The van der Waals surface area contributed by atoms with Crippen molar-refractivity contribution in [3.8, 4) is 5.69 Å². The summed E-state index contributed by atoms with van der Waals surface area (Å²) in [7, 11) is 0. The SMILES string of the molecule is CC1(c2cc(NC(=O)Nc3ccccc3)n(-c3ccccc3)n2)CC1. The van der Waals surface area contributed by atoms with Crippen LogP contribution in [0.25, 0.3) is 5.69 Å². The van der Waals surface area contributed by atoms with Gasteiger partial charge in [0.15, 0.2) is 0 Å². The van der Waals surface area contributed by atoms with E-state index in [1.807, 2.05) is 66.7 Å². The summed E-state index contributed by atoms with van der Waals surface area (Å²) in [4.78, 5) is 12.4. The van der Waals surface area contributed by atoms with E-state index < -0.39 is 0 Å². The van der Waals surface area contributed by atoms with Gasteiger partial charge in [-0.1, -0.05) is 43.3 Å². The van der Waals surface area contributed by atoms with E-state index in [0.29, 0.717) is 5.82 Å². The van der Waals surface area contributed by atoms with Crippen LogP contribution in [0.1, 0.15) is 25.5 Å². The van der Waals surface area contributed by atoms with E-state index in [1.165, 1.54) is 0 Å². The molecule has 126 valence electrons. The van der Waals surface area contributed by atoms with Crippen LogP contribution >= 0.6 is 0 Å². The van der Waals surface area contributed by atoms with E-state index in [9.17, 15) is 4.79 Å². The maximum absolute atomic E-state index is 12.4. The molecule has 0 bridgehead atoms. The van der Waals surface area contributed by atoms with Crippen molar-refractivity contribution in [1.29, 1.82) is 0 Å². The molecule has 0 saturated heterocycles. The van der Waals surface area contributed by atoms with Gasteiger partial charge in [-0.05, 0) is 37.1 Å². The lowest BCUT2D eigenvalue weighted by molar-refractivity contribution is 0.262. The zero-order valence-electron chi connectivity index (χ0n) is 14.1. The Hall–Kier alpha value is -3.08. The summed E-state index contributed by atoms with van der Waals surface area (Å²) in [6.45, 7) is 2.21. The van der Waals surface area contributed by atoms with Crippen molar-refractivity contribution in [2.45, 2.75) is 25.2 Å². The average molecular weight is 332 g/mol. The van der Waals surface area contributed by atoms with Gasteiger partial charge in [-0.2, -0.15) is 5.10 Å². The number of nitrogens with one attached hydrogen (secondary N) is 2. The fourth-order valence-electron chi connectivity index (χ4n) is 2.77. The van der Waals surface area contributed by atoms with Gasteiger partial charge >= 0.3 is 6.03 Å². The quantitative estimate of drug-likeness (QED) is 0.735. The number of hydrogen-bond donors (Lipinski definition) is 2. The smallest absolute Gasteiger partial charge is 0.308 e. The molecular formula is C20H20N4O. The second-order valence-corrected chi connectivity index (χ2v) is 6.67. The molecule has 2 N–H and O–H groups in total. The molecule has 1 aromatic heterocycles. The zero-order chi connectivity index (χ0) is 17.3. The van der Waals surface area contributed by atoms with Gasteiger partial charge in [0, 0.05) is 17.2 Å². The average Bonchev–Trinajstić information content (AvgIpc) is 3.24. The van der Waals surface area contributed by atoms with Crippen LogP contribution in [-0.2, 0) is 5.41 Å². The van der Waals surface area contributed by atoms with Crippen molar-refractivity contribution >= 4 is 17.5 Å². The Bertz CT molecular complexity index is 883. The van der Waals surface area contributed by atoms with Crippen molar-refractivity contribution in [2.24, 2.45) is 0 Å². The summed E-state index contributed by atoms with van der Waals surface area (Å²) in [6.07, 6.45) is 2.27. The Morgan fingerprint density at radius 2 is 1.64 bits per heavy atom. The molecule has 1 aliphatic rings. The molecule has 5 nitrogen and oxygen atoms in total. The highest BCUT2D eigenvalue weighted by molar-refractivity contribution is 5.99. The van der Waals surface area contributed by atoms with Crippen molar-refractivity contribution in [3.05, 3.63) is 72.4 Å². The monoisotopic (exact) mass is 332 g/mol. The summed E-state index contributed by atoms with van der Waals surface area (Å²) in [6, 6.07) is 20.9. The number of nitrogens with zero attached hydrogens (tertiary/aromatic N) is 2. The Labute approximate surface area is 146 Å². The van der Waals surface area contributed by atoms with E-state index in [2.05, 4.69) is 17.6 Å². The number of anilines is 2. The highest BCUT2D eigenvalue weighted by atomic mass is 16.2. The number of benzene rings is 2. The molecule has 25 heavy (non-hydrogen) atoms. The van der Waals surface area contributed by atoms with E-state index in [1.54, 1.807) is 4.68 Å². The standard InChI is InChI=1S/C20H20N4O/c1-20(12-13-20)17-14-18(24(23-17)16-10-6-3-7-11-16)22-19(25)21-15-8-4-2-5-9-15/h2-11,14H,12-13H2,1H3,(H2,21,22,25). The van der Waals surface area contributed by atoms with Crippen LogP contribution in [0.4, 0.5) is 16.3 Å². The molecule has 0 spiro atoms. The second-order valence-electron chi connectivity index (χ2n) is 6.67. The first-order valence-corrected chi connectivity index (χ1v) is 8.43. The van der Waals surface area contributed by atoms with Gasteiger partial charge < -0.3 is 5.32 Å². The summed E-state index contributed by atoms with van der Waals surface area (Å²) >= 11 is 0. The Kier molecular flexibility index (Phi) is 3.76. The largest absolute Gasteiger partial charge is 0.324 e. The zero-order valence-corrected chi connectivity index (χ0v) is 14.1. The molecule has 4 rings (SSSR count). The molecule has 5 heteroatoms. The molecule has 1 aliphatic carbocycles. The Balaban J connectivity index is 1.61. The van der Waals surface area contributed by atoms with E-state index >= 15 is 0 Å². The van der Waals surface area contributed by atoms with Gasteiger partial charge in [0.05, 0.1) is 11.4 Å². The van der Waals surface area contributed by atoms with Crippen LogP contribution in [0.15, 0.2) is 66.7 Å². The third kappa shape index (κ3) is 3.26. The minimum Gasteiger partial charge on any atom is -0.308 e. The first kappa shape index (κ1) is 15.4. The number of amides is 2. The first-order valence-electron chi connectivity index (χ1n) is 8.43. The van der Waals surface area contributed by atoms with Crippen LogP contribution in [0.5, 0.6) is 0 Å². The van der Waals surface area contributed by atoms with Gasteiger partial charge in [0.25, 0.3) is 0 Å². The molecule has 2 amide bonds. The topological polar surface area (TPSA) is 59.0 Å². The summed E-state index contributed by atoms with van der Waals surface area (Å²) in [5, 5.41) is 10.5. The molecule has 1 fully saturated rings. The van der Waals surface area contributed by atoms with Gasteiger partial charge in [-0.15, -0.1) is 0 Å². The van der Waals surface area contributed by atoms with Gasteiger partial charge in [0.2, 0.25) is 0 Å². The Morgan fingerprint density at radius 1 is 1.00 bits per heavy atom. The molecule has 3 aromatic rings. The highest BCUT2D eigenvalue weighted by Gasteiger charge is 2.42. The normalized spacial score (nSPS) is 14.8.